The number of amides is 1. The predicted octanol–water partition coefficient (Wildman–Crippen LogP) is 5.18. The largest absolute Gasteiger partial charge is 0.481 e. The second kappa shape index (κ2) is 34.4. The van der Waals surface area contributed by atoms with E-state index in [9.17, 15) is 34.2 Å². The first-order chi connectivity index (χ1) is 29.0. The molecular weight excluding hydrogens is 778 g/mol. The first-order valence-corrected chi connectivity index (χ1v) is 21.0. The van der Waals surface area contributed by atoms with Gasteiger partial charge in [-0.25, -0.2) is 9.59 Å². The molecule has 1 amide bonds. The smallest absolute Gasteiger partial charge is 0.337 e. The average Bonchev–Trinajstić information content (AvgIpc) is 3.22. The molecule has 0 saturated carbocycles. The number of Topliss-reactive ketones (excluding diaryl/α,β-unsaturated/α-hetero) is 1. The Balaban J connectivity index is 3.19. The predicted molar refractivity (Wildman–Crippen MR) is 224 cm³/mol. The zero-order valence-corrected chi connectivity index (χ0v) is 36.2. The molecule has 0 aliphatic heterocycles. The maximum absolute atomic E-state index is 14.1. The number of ketones is 1. The summed E-state index contributed by atoms with van der Waals surface area (Å²) in [6.07, 6.45) is 11.7. The Morgan fingerprint density at radius 1 is 0.783 bits per heavy atom. The van der Waals surface area contributed by atoms with E-state index < -0.39 is 47.8 Å². The fourth-order valence-corrected chi connectivity index (χ4v) is 5.88. The number of nitrogens with one attached hydrogen (secondary N) is 1. The summed E-state index contributed by atoms with van der Waals surface area (Å²) in [5, 5.41) is 24.5. The van der Waals surface area contributed by atoms with Crippen LogP contribution in [0.15, 0.2) is 36.4 Å². The standard InChI is InChI=1S/C45H69NO14/c1-5-7-9-12-15-18-37(47)19-16-13-10-11-14-17-20-39(45(53,44(51)52)35-41(48)59-32-30-56-28-26-54-3)42(49)46-40(43(50)60-33-31-57-29-27-55-4)34-36-21-23-38(24-22-36)58-25-8-6-2/h17,20-24,39-40,53H,5,7,9-16,18-19,25-35H2,1-4H3,(H,46,49)(H,51,52)/t39-,40+,45+/m1/s1. The number of carbonyl (C=O) groups is 5. The van der Waals surface area contributed by atoms with Crippen LogP contribution in [0.25, 0.3) is 0 Å². The van der Waals surface area contributed by atoms with Gasteiger partial charge in [0.15, 0.2) is 5.60 Å². The van der Waals surface area contributed by atoms with Crippen molar-refractivity contribution in [3.8, 4) is 17.6 Å². The lowest BCUT2D eigenvalue weighted by molar-refractivity contribution is -0.174. The summed E-state index contributed by atoms with van der Waals surface area (Å²) < 4.78 is 36.7. The van der Waals surface area contributed by atoms with Gasteiger partial charge in [0.25, 0.3) is 0 Å². The zero-order chi connectivity index (χ0) is 44.3. The first-order valence-electron chi connectivity index (χ1n) is 21.0. The topological polar surface area (TPSA) is 202 Å². The number of benzene rings is 1. The number of carboxylic acids is 1. The minimum Gasteiger partial charge on any atom is -0.481 e. The van der Waals surface area contributed by atoms with Crippen molar-refractivity contribution in [2.75, 3.05) is 73.7 Å². The quantitative estimate of drug-likeness (QED) is 0.0342. The highest BCUT2D eigenvalue weighted by Crippen LogP contribution is 2.26. The molecule has 0 aromatic heterocycles. The summed E-state index contributed by atoms with van der Waals surface area (Å²) in [6, 6.07) is 5.41. The van der Waals surface area contributed by atoms with Crippen LogP contribution in [0.1, 0.15) is 103 Å². The van der Waals surface area contributed by atoms with E-state index in [0.717, 1.165) is 44.9 Å². The normalized spacial score (nSPS) is 13.1. The fraction of sp³-hybridized carbons (Fsp3) is 0.667. The lowest BCUT2D eigenvalue weighted by atomic mass is 9.82. The maximum atomic E-state index is 14.1. The molecule has 1 aromatic rings. The molecule has 15 heteroatoms. The van der Waals surface area contributed by atoms with Crippen LogP contribution in [0.5, 0.6) is 5.75 Å². The summed E-state index contributed by atoms with van der Waals surface area (Å²) in [7, 11) is 3.03. The van der Waals surface area contributed by atoms with Crippen LogP contribution in [0.4, 0.5) is 0 Å². The third-order valence-corrected chi connectivity index (χ3v) is 9.32. The van der Waals surface area contributed by atoms with Gasteiger partial charge < -0.3 is 48.7 Å². The molecule has 0 saturated heterocycles. The van der Waals surface area contributed by atoms with E-state index in [4.69, 9.17) is 33.2 Å². The number of hydrogen-bond acceptors (Lipinski definition) is 13. The number of rotatable bonds is 37. The Kier molecular flexibility index (Phi) is 30.8. The van der Waals surface area contributed by atoms with Crippen molar-refractivity contribution in [3.05, 3.63) is 42.0 Å². The van der Waals surface area contributed by atoms with Gasteiger partial charge in [-0.05, 0) is 50.3 Å². The number of carbonyl (C=O) groups excluding carboxylic acids is 4. The van der Waals surface area contributed by atoms with E-state index in [0.29, 0.717) is 50.2 Å². The number of methoxy groups -OCH3 is 2. The molecule has 0 aliphatic carbocycles. The van der Waals surface area contributed by atoms with Crippen molar-refractivity contribution in [2.45, 2.75) is 115 Å². The second-order valence-electron chi connectivity index (χ2n) is 14.2. The fourth-order valence-electron chi connectivity index (χ4n) is 5.88. The number of hydrogen-bond donors (Lipinski definition) is 3. The van der Waals surface area contributed by atoms with Gasteiger partial charge >= 0.3 is 17.9 Å². The summed E-state index contributed by atoms with van der Waals surface area (Å²) in [5.74, 6) is -0.264. The van der Waals surface area contributed by atoms with Gasteiger partial charge in [-0.15, -0.1) is 5.92 Å². The monoisotopic (exact) mass is 847 g/mol. The van der Waals surface area contributed by atoms with E-state index in [-0.39, 0.29) is 58.5 Å². The Morgan fingerprint density at radius 3 is 1.95 bits per heavy atom. The Labute approximate surface area is 356 Å². The molecule has 0 unspecified atom stereocenters. The van der Waals surface area contributed by atoms with Crippen LogP contribution >= 0.6 is 0 Å². The van der Waals surface area contributed by atoms with E-state index in [1.54, 1.807) is 37.3 Å². The molecule has 60 heavy (non-hydrogen) atoms. The molecular formula is C45H69NO14. The number of unbranched alkanes of at least 4 members (excludes halogenated alkanes) is 8. The molecule has 1 aromatic carbocycles. The molecule has 3 atom stereocenters. The summed E-state index contributed by atoms with van der Waals surface area (Å²) >= 11 is 0. The number of aliphatic carboxylic acids is 1. The van der Waals surface area contributed by atoms with Crippen LogP contribution in [-0.2, 0) is 58.8 Å². The van der Waals surface area contributed by atoms with E-state index in [1.165, 1.54) is 26.7 Å². The van der Waals surface area contributed by atoms with Crippen LogP contribution < -0.4 is 10.1 Å². The van der Waals surface area contributed by atoms with Crippen molar-refractivity contribution in [1.82, 2.24) is 5.32 Å². The summed E-state index contributed by atoms with van der Waals surface area (Å²) in [6.45, 7) is 4.90. The Hall–Kier alpha value is -4.33. The minimum absolute atomic E-state index is 0.00121. The zero-order valence-electron chi connectivity index (χ0n) is 36.2. The van der Waals surface area contributed by atoms with E-state index in [1.807, 2.05) is 0 Å². The molecule has 0 fully saturated rings. The number of ether oxygens (including phenoxy) is 7. The minimum atomic E-state index is -2.96. The van der Waals surface area contributed by atoms with Crippen LogP contribution in [0.2, 0.25) is 0 Å². The van der Waals surface area contributed by atoms with Gasteiger partial charge in [0.1, 0.15) is 37.4 Å². The summed E-state index contributed by atoms with van der Waals surface area (Å²) in [5.41, 5.74) is -2.36. The van der Waals surface area contributed by atoms with Gasteiger partial charge in [0, 0.05) is 33.5 Å². The maximum Gasteiger partial charge on any atom is 0.337 e. The number of aliphatic hydroxyl groups is 1. The molecule has 0 spiro atoms. The van der Waals surface area contributed by atoms with Crippen LogP contribution in [0, 0.1) is 17.8 Å². The lowest BCUT2D eigenvalue weighted by Gasteiger charge is -2.30. The highest BCUT2D eigenvalue weighted by Gasteiger charge is 2.49. The van der Waals surface area contributed by atoms with Crippen molar-refractivity contribution in [1.29, 1.82) is 0 Å². The summed E-state index contributed by atoms with van der Waals surface area (Å²) in [4.78, 5) is 65.4. The van der Waals surface area contributed by atoms with Crippen molar-refractivity contribution in [3.63, 3.8) is 0 Å². The molecule has 15 nitrogen and oxygen atoms in total. The number of esters is 2. The Bertz CT molecular complexity index is 1450. The van der Waals surface area contributed by atoms with Gasteiger partial charge in [-0.2, -0.15) is 0 Å². The SMILES string of the molecule is CC#CCOc1ccc(C[C@H](NC(=O)[C@@H](C=CCCCCCCC(=O)CCCCCCC)[C@@](O)(CC(=O)OCCOCCOC)C(=O)O)C(=O)OCCOCCOC)cc1. The molecule has 0 radical (unpaired) electrons. The third kappa shape index (κ3) is 24.7. The highest BCUT2D eigenvalue weighted by atomic mass is 16.6. The van der Waals surface area contributed by atoms with Crippen molar-refractivity contribution < 1.29 is 67.3 Å². The van der Waals surface area contributed by atoms with E-state index in [2.05, 4.69) is 24.1 Å². The molecule has 0 aliphatic rings. The Morgan fingerprint density at radius 2 is 1.37 bits per heavy atom. The van der Waals surface area contributed by atoms with Gasteiger partial charge in [0.2, 0.25) is 5.91 Å². The van der Waals surface area contributed by atoms with Crippen molar-refractivity contribution in [2.24, 2.45) is 5.92 Å². The molecule has 1 rings (SSSR count). The van der Waals surface area contributed by atoms with Crippen LogP contribution in [0.3, 0.4) is 0 Å². The highest BCUT2D eigenvalue weighted by molar-refractivity contribution is 5.95. The van der Waals surface area contributed by atoms with Gasteiger partial charge in [0.05, 0.1) is 52.0 Å². The van der Waals surface area contributed by atoms with Crippen LogP contribution in [-0.4, -0.2) is 125 Å². The van der Waals surface area contributed by atoms with E-state index >= 15 is 0 Å². The van der Waals surface area contributed by atoms with Gasteiger partial charge in [-0.1, -0.05) is 75.7 Å². The molecule has 3 N–H and O–H groups in total. The lowest BCUT2D eigenvalue weighted by Crippen LogP contribution is -2.55. The molecule has 0 heterocycles. The molecule has 338 valence electrons. The van der Waals surface area contributed by atoms with Gasteiger partial charge in [-0.3, -0.25) is 14.4 Å². The molecule has 0 bridgehead atoms. The number of allylic oxidation sites excluding steroid dienone is 1. The second-order valence-corrected chi connectivity index (χ2v) is 14.2. The third-order valence-electron chi connectivity index (χ3n) is 9.32. The first kappa shape index (κ1) is 53.7. The van der Waals surface area contributed by atoms with Crippen molar-refractivity contribution >= 4 is 29.6 Å². The average molecular weight is 848 g/mol. The number of carboxylic acid groups (broad SMARTS) is 1.